The Balaban J connectivity index is 1.95. The molecule has 0 saturated carbocycles. The van der Waals surface area contributed by atoms with Gasteiger partial charge in [-0.15, -0.1) is 0 Å². The molecule has 9 nitrogen and oxygen atoms in total. The van der Waals surface area contributed by atoms with E-state index in [4.69, 9.17) is 16.0 Å². The highest BCUT2D eigenvalue weighted by molar-refractivity contribution is 6.29. The maximum absolute atomic E-state index is 12.3. The van der Waals surface area contributed by atoms with Crippen molar-refractivity contribution in [3.8, 4) is 0 Å². The zero-order valence-electron chi connectivity index (χ0n) is 12.9. The molecule has 3 aromatic rings. The van der Waals surface area contributed by atoms with Gasteiger partial charge in [0.05, 0.1) is 12.8 Å². The molecular formula is C14H14ClN5O4. The highest BCUT2D eigenvalue weighted by atomic mass is 35.5. The van der Waals surface area contributed by atoms with E-state index >= 15 is 0 Å². The van der Waals surface area contributed by atoms with Gasteiger partial charge in [-0.1, -0.05) is 0 Å². The van der Waals surface area contributed by atoms with Gasteiger partial charge in [-0.2, -0.15) is 4.98 Å². The first-order valence-electron chi connectivity index (χ1n) is 7.01. The van der Waals surface area contributed by atoms with E-state index < -0.39 is 11.2 Å². The molecule has 3 aromatic heterocycles. The number of rotatable bonds is 4. The van der Waals surface area contributed by atoms with Crippen LogP contribution in [0.25, 0.3) is 11.2 Å². The lowest BCUT2D eigenvalue weighted by Crippen LogP contribution is -2.38. The lowest BCUT2D eigenvalue weighted by atomic mass is 10.4. The largest absolute Gasteiger partial charge is 0.467 e. The summed E-state index contributed by atoms with van der Waals surface area (Å²) >= 11 is 6.05. The number of hydrogen-bond acceptors (Lipinski definition) is 5. The molecule has 0 aromatic carbocycles. The highest BCUT2D eigenvalue weighted by Crippen LogP contribution is 2.15. The Morgan fingerprint density at radius 2 is 2.08 bits per heavy atom. The summed E-state index contributed by atoms with van der Waals surface area (Å²) in [6.45, 7) is 0.00998. The van der Waals surface area contributed by atoms with Crippen molar-refractivity contribution < 1.29 is 9.21 Å². The van der Waals surface area contributed by atoms with Gasteiger partial charge in [0, 0.05) is 14.1 Å². The number of hydrogen-bond donors (Lipinski definition) is 1. The second-order valence-electron chi connectivity index (χ2n) is 5.20. The minimum absolute atomic E-state index is 0.0450. The summed E-state index contributed by atoms with van der Waals surface area (Å²) in [5, 5.41) is 2.61. The van der Waals surface area contributed by atoms with Crippen LogP contribution in [0.4, 0.5) is 0 Å². The van der Waals surface area contributed by atoms with Crippen molar-refractivity contribution in [3.63, 3.8) is 0 Å². The molecule has 3 heterocycles. The summed E-state index contributed by atoms with van der Waals surface area (Å²) in [5.74, 6) is 0.228. The SMILES string of the molecule is Cn1c(=O)c2c(nc(Cl)n2CC(=O)NCc2ccco2)n(C)c1=O. The van der Waals surface area contributed by atoms with E-state index in [1.807, 2.05) is 0 Å². The van der Waals surface area contributed by atoms with Gasteiger partial charge in [0.15, 0.2) is 11.2 Å². The standard InChI is InChI=1S/C14H14ClN5O4/c1-18-11-10(12(22)19(2)14(18)23)20(13(15)17-11)7-9(21)16-6-8-4-3-5-24-8/h3-5H,6-7H2,1-2H3,(H,16,21). The highest BCUT2D eigenvalue weighted by Gasteiger charge is 2.19. The van der Waals surface area contributed by atoms with Gasteiger partial charge < -0.3 is 9.73 Å². The number of amides is 1. The Morgan fingerprint density at radius 1 is 1.33 bits per heavy atom. The van der Waals surface area contributed by atoms with Crippen LogP contribution < -0.4 is 16.6 Å². The molecule has 0 unspecified atom stereocenters. The number of nitrogens with one attached hydrogen (secondary N) is 1. The van der Waals surface area contributed by atoms with E-state index in [0.29, 0.717) is 5.76 Å². The number of nitrogens with zero attached hydrogens (tertiary/aromatic N) is 4. The number of carbonyl (C=O) groups is 1. The Hall–Kier alpha value is -2.81. The number of carbonyl (C=O) groups excluding carboxylic acids is 1. The lowest BCUT2D eigenvalue weighted by Gasteiger charge is -2.07. The molecular weight excluding hydrogens is 338 g/mol. The molecule has 0 aliphatic rings. The monoisotopic (exact) mass is 351 g/mol. The van der Waals surface area contributed by atoms with Gasteiger partial charge in [-0.25, -0.2) is 4.79 Å². The molecule has 0 fully saturated rings. The molecule has 0 radical (unpaired) electrons. The first-order valence-corrected chi connectivity index (χ1v) is 7.38. The van der Waals surface area contributed by atoms with Crippen LogP contribution in [0.15, 0.2) is 32.4 Å². The van der Waals surface area contributed by atoms with Crippen molar-refractivity contribution in [2.45, 2.75) is 13.1 Å². The fourth-order valence-electron chi connectivity index (χ4n) is 2.36. The molecule has 0 atom stereocenters. The average Bonchev–Trinajstić information content (AvgIpc) is 3.18. The first kappa shape index (κ1) is 16.1. The molecule has 1 N–H and O–H groups in total. The Bertz CT molecular complexity index is 1030. The first-order chi connectivity index (χ1) is 11.4. The summed E-state index contributed by atoms with van der Waals surface area (Å²) < 4.78 is 8.55. The lowest BCUT2D eigenvalue weighted by molar-refractivity contribution is -0.121. The number of fused-ring (bicyclic) bond motifs is 1. The summed E-state index contributed by atoms with van der Waals surface area (Å²) in [7, 11) is 2.83. The van der Waals surface area contributed by atoms with Gasteiger partial charge in [0.1, 0.15) is 12.3 Å². The zero-order valence-corrected chi connectivity index (χ0v) is 13.7. The molecule has 24 heavy (non-hydrogen) atoms. The number of aromatic nitrogens is 4. The number of imidazole rings is 1. The second kappa shape index (κ2) is 6.00. The third-order valence-electron chi connectivity index (χ3n) is 3.64. The number of halogens is 1. The molecule has 1 amide bonds. The predicted octanol–water partition coefficient (Wildman–Crippen LogP) is -0.00350. The van der Waals surface area contributed by atoms with Gasteiger partial charge in [-0.3, -0.25) is 23.3 Å². The molecule has 10 heteroatoms. The summed E-state index contributed by atoms with van der Waals surface area (Å²) in [5.41, 5.74) is -0.855. The van der Waals surface area contributed by atoms with E-state index in [1.54, 1.807) is 12.1 Å². The smallest absolute Gasteiger partial charge is 0.332 e. The minimum Gasteiger partial charge on any atom is -0.467 e. The van der Waals surface area contributed by atoms with Crippen LogP contribution >= 0.6 is 11.6 Å². The van der Waals surface area contributed by atoms with E-state index in [0.717, 1.165) is 4.57 Å². The van der Waals surface area contributed by atoms with E-state index in [9.17, 15) is 14.4 Å². The van der Waals surface area contributed by atoms with Crippen LogP contribution in [0.1, 0.15) is 5.76 Å². The minimum atomic E-state index is -0.564. The Kier molecular flexibility index (Phi) is 4.02. The summed E-state index contributed by atoms with van der Waals surface area (Å²) in [6, 6.07) is 3.44. The van der Waals surface area contributed by atoms with Crippen LogP contribution in [0.2, 0.25) is 5.28 Å². The maximum Gasteiger partial charge on any atom is 0.332 e. The molecule has 0 aliphatic carbocycles. The number of aryl methyl sites for hydroxylation is 1. The number of furan rings is 1. The molecule has 126 valence electrons. The third kappa shape index (κ3) is 2.62. The van der Waals surface area contributed by atoms with Crippen molar-refractivity contribution in [3.05, 3.63) is 50.3 Å². The van der Waals surface area contributed by atoms with Gasteiger partial charge in [0.25, 0.3) is 5.56 Å². The van der Waals surface area contributed by atoms with E-state index in [-0.39, 0.29) is 35.4 Å². The quantitative estimate of drug-likeness (QED) is 0.666. The van der Waals surface area contributed by atoms with Crippen molar-refractivity contribution in [1.82, 2.24) is 24.0 Å². The Labute approximate surface area is 140 Å². The normalized spacial score (nSPS) is 11.1. The third-order valence-corrected chi connectivity index (χ3v) is 3.93. The van der Waals surface area contributed by atoms with Gasteiger partial charge in [0.2, 0.25) is 11.2 Å². The van der Waals surface area contributed by atoms with Crippen LogP contribution in [-0.4, -0.2) is 24.6 Å². The summed E-state index contributed by atoms with van der Waals surface area (Å²) in [6.07, 6.45) is 1.51. The summed E-state index contributed by atoms with van der Waals surface area (Å²) in [4.78, 5) is 40.4. The molecule has 0 saturated heterocycles. The van der Waals surface area contributed by atoms with Crippen molar-refractivity contribution in [2.24, 2.45) is 14.1 Å². The topological polar surface area (TPSA) is 104 Å². The zero-order chi connectivity index (χ0) is 17.4. The fourth-order valence-corrected chi connectivity index (χ4v) is 2.59. The average molecular weight is 352 g/mol. The van der Waals surface area contributed by atoms with Crippen molar-refractivity contribution in [1.29, 1.82) is 0 Å². The van der Waals surface area contributed by atoms with Crippen LogP contribution in [0.5, 0.6) is 0 Å². The Morgan fingerprint density at radius 3 is 2.75 bits per heavy atom. The predicted molar refractivity (Wildman–Crippen MR) is 85.8 cm³/mol. The van der Waals surface area contributed by atoms with Crippen LogP contribution in [-0.2, 0) is 32.0 Å². The molecule has 0 bridgehead atoms. The van der Waals surface area contributed by atoms with Gasteiger partial charge in [-0.05, 0) is 23.7 Å². The molecule has 3 rings (SSSR count). The second-order valence-corrected chi connectivity index (χ2v) is 5.54. The van der Waals surface area contributed by atoms with Gasteiger partial charge >= 0.3 is 5.69 Å². The van der Waals surface area contributed by atoms with E-state index in [1.165, 1.54) is 29.5 Å². The van der Waals surface area contributed by atoms with Crippen LogP contribution in [0, 0.1) is 0 Å². The van der Waals surface area contributed by atoms with E-state index in [2.05, 4.69) is 10.3 Å². The molecule has 0 spiro atoms. The van der Waals surface area contributed by atoms with Crippen molar-refractivity contribution >= 4 is 28.7 Å². The fraction of sp³-hybridized carbons (Fsp3) is 0.286. The van der Waals surface area contributed by atoms with Crippen molar-refractivity contribution in [2.75, 3.05) is 0 Å². The van der Waals surface area contributed by atoms with Crippen LogP contribution in [0.3, 0.4) is 0 Å². The molecule has 0 aliphatic heterocycles. The maximum atomic E-state index is 12.3.